The van der Waals surface area contributed by atoms with Crippen LogP contribution < -0.4 is 0 Å². The third-order valence-corrected chi connectivity index (χ3v) is 3.58. The van der Waals surface area contributed by atoms with Crippen LogP contribution in [0.15, 0.2) is 54.7 Å². The van der Waals surface area contributed by atoms with Crippen molar-refractivity contribution in [2.45, 2.75) is 13.8 Å². The van der Waals surface area contributed by atoms with Crippen molar-refractivity contribution in [3.8, 4) is 17.1 Å². The highest BCUT2D eigenvalue weighted by atomic mass is 16.4. The van der Waals surface area contributed by atoms with E-state index >= 15 is 0 Å². The summed E-state index contributed by atoms with van der Waals surface area (Å²) in [6, 6.07) is 15.7. The molecule has 0 bridgehead atoms. The number of aromatic nitrogens is 2. The van der Waals surface area contributed by atoms with Crippen LogP contribution in [0.1, 0.15) is 21.6 Å². The van der Waals surface area contributed by atoms with Crippen molar-refractivity contribution in [3.63, 3.8) is 0 Å². The number of carboxylic acids is 1. The maximum atomic E-state index is 11.3. The van der Waals surface area contributed by atoms with Crippen LogP contribution in [-0.2, 0) is 0 Å². The number of carboxylic acid groups (broad SMARTS) is 1. The summed E-state index contributed by atoms with van der Waals surface area (Å²) in [6.45, 7) is 4.00. The normalized spacial score (nSPS) is 10.6. The highest BCUT2D eigenvalue weighted by molar-refractivity contribution is 5.86. The van der Waals surface area contributed by atoms with Gasteiger partial charge in [0, 0.05) is 17.4 Å². The molecule has 0 saturated carbocycles. The molecular weight excluding hydrogens is 276 g/mol. The standard InChI is InChI=1S/C18H16N2O2/c1-12-6-5-8-14(10-12)17-19-15(18(21)22)11-20(17)16-9-4-3-7-13(16)2/h3-11H,1-2H3,(H,21,22). The molecule has 2 aromatic carbocycles. The van der Waals surface area contributed by atoms with Crippen LogP contribution in [0.2, 0.25) is 0 Å². The number of para-hydroxylation sites is 1. The lowest BCUT2D eigenvalue weighted by Gasteiger charge is -2.10. The van der Waals surface area contributed by atoms with Crippen molar-refractivity contribution in [2.75, 3.05) is 0 Å². The molecule has 0 atom stereocenters. The predicted octanol–water partition coefficient (Wildman–Crippen LogP) is 3.85. The van der Waals surface area contributed by atoms with Crippen LogP contribution in [0.4, 0.5) is 0 Å². The molecular formula is C18H16N2O2. The second-order valence-electron chi connectivity index (χ2n) is 5.28. The van der Waals surface area contributed by atoms with Gasteiger partial charge in [0.15, 0.2) is 5.69 Å². The van der Waals surface area contributed by atoms with Crippen LogP contribution in [0.25, 0.3) is 17.1 Å². The van der Waals surface area contributed by atoms with Crippen LogP contribution in [0.3, 0.4) is 0 Å². The van der Waals surface area contributed by atoms with Gasteiger partial charge in [-0.3, -0.25) is 4.57 Å². The first-order valence-corrected chi connectivity index (χ1v) is 7.02. The van der Waals surface area contributed by atoms with Crippen LogP contribution in [-0.4, -0.2) is 20.6 Å². The molecule has 0 radical (unpaired) electrons. The molecule has 3 rings (SSSR count). The fraction of sp³-hybridized carbons (Fsp3) is 0.111. The largest absolute Gasteiger partial charge is 0.476 e. The average molecular weight is 292 g/mol. The molecule has 1 N–H and O–H groups in total. The zero-order valence-electron chi connectivity index (χ0n) is 12.4. The first-order chi connectivity index (χ1) is 10.6. The molecule has 0 spiro atoms. The Balaban J connectivity index is 2.25. The Morgan fingerprint density at radius 1 is 1.09 bits per heavy atom. The van der Waals surface area contributed by atoms with Crippen LogP contribution >= 0.6 is 0 Å². The van der Waals surface area contributed by atoms with Gasteiger partial charge in [0.05, 0.1) is 0 Å². The second kappa shape index (κ2) is 5.48. The SMILES string of the molecule is Cc1cccc(-c2nc(C(=O)O)cn2-c2ccccc2C)c1. The van der Waals surface area contributed by atoms with E-state index in [0.717, 1.165) is 22.4 Å². The Morgan fingerprint density at radius 2 is 1.86 bits per heavy atom. The number of nitrogens with zero attached hydrogens (tertiary/aromatic N) is 2. The molecule has 110 valence electrons. The summed E-state index contributed by atoms with van der Waals surface area (Å²) in [5.74, 6) is -0.392. The molecule has 3 aromatic rings. The molecule has 0 fully saturated rings. The van der Waals surface area contributed by atoms with Crippen molar-refractivity contribution >= 4 is 5.97 Å². The number of rotatable bonds is 3. The van der Waals surface area contributed by atoms with Crippen molar-refractivity contribution in [3.05, 3.63) is 71.5 Å². The number of carbonyl (C=O) groups is 1. The number of aryl methyl sites for hydroxylation is 2. The maximum Gasteiger partial charge on any atom is 0.356 e. The summed E-state index contributed by atoms with van der Waals surface area (Å²) in [4.78, 5) is 15.6. The topological polar surface area (TPSA) is 55.1 Å². The Labute approximate surface area is 128 Å². The van der Waals surface area contributed by atoms with E-state index in [2.05, 4.69) is 4.98 Å². The zero-order valence-corrected chi connectivity index (χ0v) is 12.4. The number of hydrogen-bond acceptors (Lipinski definition) is 2. The minimum absolute atomic E-state index is 0.0414. The third kappa shape index (κ3) is 2.51. The lowest BCUT2D eigenvalue weighted by Crippen LogP contribution is -1.98. The first kappa shape index (κ1) is 14.1. The van der Waals surface area contributed by atoms with E-state index in [1.807, 2.05) is 66.9 Å². The molecule has 0 amide bonds. The van der Waals surface area contributed by atoms with Crippen LogP contribution in [0.5, 0.6) is 0 Å². The van der Waals surface area contributed by atoms with Gasteiger partial charge in [0.2, 0.25) is 0 Å². The summed E-state index contributed by atoms with van der Waals surface area (Å²) in [5.41, 5.74) is 4.04. The van der Waals surface area contributed by atoms with E-state index in [1.54, 1.807) is 6.20 Å². The Hall–Kier alpha value is -2.88. The molecule has 1 aromatic heterocycles. The molecule has 0 aliphatic heterocycles. The van der Waals surface area contributed by atoms with E-state index in [9.17, 15) is 9.90 Å². The molecule has 0 saturated heterocycles. The fourth-order valence-electron chi connectivity index (χ4n) is 2.49. The van der Waals surface area contributed by atoms with Gasteiger partial charge in [0.25, 0.3) is 0 Å². The summed E-state index contributed by atoms with van der Waals surface area (Å²) < 4.78 is 1.84. The summed E-state index contributed by atoms with van der Waals surface area (Å²) in [7, 11) is 0. The maximum absolute atomic E-state index is 11.3. The number of hydrogen-bond donors (Lipinski definition) is 1. The minimum Gasteiger partial charge on any atom is -0.476 e. The van der Waals surface area contributed by atoms with Gasteiger partial charge in [-0.2, -0.15) is 0 Å². The van der Waals surface area contributed by atoms with E-state index in [1.165, 1.54) is 0 Å². The lowest BCUT2D eigenvalue weighted by atomic mass is 10.1. The van der Waals surface area contributed by atoms with E-state index in [0.29, 0.717) is 5.82 Å². The van der Waals surface area contributed by atoms with Gasteiger partial charge >= 0.3 is 5.97 Å². The molecule has 0 unspecified atom stereocenters. The number of imidazole rings is 1. The van der Waals surface area contributed by atoms with Crippen molar-refractivity contribution in [2.24, 2.45) is 0 Å². The number of benzene rings is 2. The summed E-state index contributed by atoms with van der Waals surface area (Å²) >= 11 is 0. The van der Waals surface area contributed by atoms with Crippen molar-refractivity contribution in [1.82, 2.24) is 9.55 Å². The molecule has 22 heavy (non-hydrogen) atoms. The van der Waals surface area contributed by atoms with Gasteiger partial charge in [0.1, 0.15) is 5.82 Å². The highest BCUT2D eigenvalue weighted by Crippen LogP contribution is 2.25. The van der Waals surface area contributed by atoms with Gasteiger partial charge in [-0.05, 0) is 31.5 Å². The summed E-state index contributed by atoms with van der Waals surface area (Å²) in [6.07, 6.45) is 1.57. The average Bonchev–Trinajstić information content (AvgIpc) is 2.93. The number of aromatic carboxylic acids is 1. The van der Waals surface area contributed by atoms with Crippen molar-refractivity contribution in [1.29, 1.82) is 0 Å². The van der Waals surface area contributed by atoms with E-state index in [4.69, 9.17) is 0 Å². The molecule has 1 heterocycles. The Morgan fingerprint density at radius 3 is 2.55 bits per heavy atom. The zero-order chi connectivity index (χ0) is 15.7. The van der Waals surface area contributed by atoms with E-state index < -0.39 is 5.97 Å². The van der Waals surface area contributed by atoms with Gasteiger partial charge in [-0.25, -0.2) is 9.78 Å². The van der Waals surface area contributed by atoms with Crippen molar-refractivity contribution < 1.29 is 9.90 Å². The molecule has 4 nitrogen and oxygen atoms in total. The molecule has 0 aliphatic rings. The second-order valence-corrected chi connectivity index (χ2v) is 5.28. The minimum atomic E-state index is -1.03. The van der Waals surface area contributed by atoms with Crippen LogP contribution in [0, 0.1) is 13.8 Å². The van der Waals surface area contributed by atoms with Gasteiger partial charge in [-0.15, -0.1) is 0 Å². The third-order valence-electron chi connectivity index (χ3n) is 3.58. The quantitative estimate of drug-likeness (QED) is 0.797. The molecule has 0 aliphatic carbocycles. The van der Waals surface area contributed by atoms with Gasteiger partial charge < -0.3 is 5.11 Å². The molecule has 4 heteroatoms. The Kier molecular flexibility index (Phi) is 3.51. The van der Waals surface area contributed by atoms with E-state index in [-0.39, 0.29) is 5.69 Å². The van der Waals surface area contributed by atoms with Gasteiger partial charge in [-0.1, -0.05) is 42.0 Å². The Bertz CT molecular complexity index is 850. The summed E-state index contributed by atoms with van der Waals surface area (Å²) in [5, 5.41) is 9.26. The lowest BCUT2D eigenvalue weighted by molar-refractivity contribution is 0.0691. The predicted molar refractivity (Wildman–Crippen MR) is 85.4 cm³/mol. The highest BCUT2D eigenvalue weighted by Gasteiger charge is 2.16. The monoisotopic (exact) mass is 292 g/mol. The fourth-order valence-corrected chi connectivity index (χ4v) is 2.49. The smallest absolute Gasteiger partial charge is 0.356 e. The first-order valence-electron chi connectivity index (χ1n) is 7.02.